The molecule has 0 saturated heterocycles. The third-order valence-corrected chi connectivity index (χ3v) is 26.4. The molecule has 14 aliphatic carbocycles. The molecule has 7 fully saturated rings. The van der Waals surface area contributed by atoms with E-state index in [0.717, 1.165) is 60.2 Å². The molecule has 528 valence electrons. The van der Waals surface area contributed by atoms with Crippen molar-refractivity contribution in [3.8, 4) is 0 Å². The highest BCUT2D eigenvalue weighted by Gasteiger charge is 2.76. The van der Waals surface area contributed by atoms with Gasteiger partial charge in [-0.15, -0.1) is 0 Å². The summed E-state index contributed by atoms with van der Waals surface area (Å²) in [6.07, 6.45) is 19.5. The molecule has 8 nitrogen and oxygen atoms in total. The number of ether oxygens (including phenoxy) is 1. The zero-order chi connectivity index (χ0) is 68.7. The topological polar surface area (TPSA) is 115 Å². The number of carbonyl (C=O) groups is 1. The SMILES string of the molecule is CC(C)(C)OC(=O)C1CC2C=CC1C2.CC(C)(O)C1CC2C=CC1C2.CC1CC2C=CC1C2.CC1CC2C=CC1C2.CCO[Si](OCC)(OCC)C1CC2C=CC1C2.OC(C1CC2C=CC1C2)(C(F)(F)F)C(F)(F)F.OC(CC1CC2C=CC1C2)(C(F)(F)F)C(F)(F)F. The lowest BCUT2D eigenvalue weighted by atomic mass is 9.77. The van der Waals surface area contributed by atoms with Crippen LogP contribution in [0.25, 0.3) is 0 Å². The first-order valence-electron chi connectivity index (χ1n) is 34.5. The Kier molecular flexibility index (Phi) is 23.8. The molecule has 14 rings (SSSR count). The summed E-state index contributed by atoms with van der Waals surface area (Å²) in [7, 11) is -2.47. The molecule has 21 atom stereocenters. The van der Waals surface area contributed by atoms with Crippen molar-refractivity contribution in [2.75, 3.05) is 19.8 Å². The smallest absolute Gasteiger partial charge is 0.460 e. The van der Waals surface area contributed by atoms with Gasteiger partial charge in [-0.2, -0.15) is 52.7 Å². The van der Waals surface area contributed by atoms with Gasteiger partial charge in [0.15, 0.2) is 0 Å². The monoisotopic (exact) mass is 1350 g/mol. The molecule has 93 heavy (non-hydrogen) atoms. The number of hydrogen-bond donors (Lipinski definition) is 3. The maximum atomic E-state index is 12.6. The molecular weight excluding hydrogens is 1250 g/mol. The Morgan fingerprint density at radius 1 is 0.409 bits per heavy atom. The van der Waals surface area contributed by atoms with Crippen LogP contribution in [0.4, 0.5) is 52.7 Å². The molecule has 0 aromatic rings. The van der Waals surface area contributed by atoms with Crippen LogP contribution >= 0.6 is 0 Å². The summed E-state index contributed by atoms with van der Waals surface area (Å²) in [5, 5.41) is 28.1. The minimum Gasteiger partial charge on any atom is -0.460 e. The Morgan fingerprint density at radius 3 is 0.989 bits per heavy atom. The largest absolute Gasteiger partial charge is 0.504 e. The number of allylic oxidation sites excluding steroid dienone is 14. The fraction of sp³-hybridized carbons (Fsp3) is 0.792. The van der Waals surface area contributed by atoms with Gasteiger partial charge in [-0.1, -0.05) is 98.9 Å². The van der Waals surface area contributed by atoms with Crippen LogP contribution in [0.2, 0.25) is 5.54 Å². The molecule has 0 spiro atoms. The van der Waals surface area contributed by atoms with Crippen LogP contribution in [0.3, 0.4) is 0 Å². The van der Waals surface area contributed by atoms with Gasteiger partial charge < -0.3 is 33.3 Å². The Balaban J connectivity index is 0.000000142. The molecule has 0 heterocycles. The van der Waals surface area contributed by atoms with Gasteiger partial charge in [0, 0.05) is 31.3 Å². The Morgan fingerprint density at radius 2 is 0.753 bits per heavy atom. The number of carbonyl (C=O) groups excluding carboxylic acids is 1. The maximum absolute atomic E-state index is 12.6. The Hall–Kier alpha value is -3.21. The van der Waals surface area contributed by atoms with Crippen molar-refractivity contribution in [3.63, 3.8) is 0 Å². The minimum atomic E-state index is -5.70. The van der Waals surface area contributed by atoms with E-state index < -0.39 is 74.5 Å². The number of esters is 1. The van der Waals surface area contributed by atoms with Crippen molar-refractivity contribution in [1.82, 2.24) is 0 Å². The van der Waals surface area contributed by atoms with Gasteiger partial charge in [0.25, 0.3) is 11.2 Å². The summed E-state index contributed by atoms with van der Waals surface area (Å²) in [5.41, 5.74) is -9.52. The van der Waals surface area contributed by atoms with Crippen LogP contribution in [0.15, 0.2) is 85.1 Å². The van der Waals surface area contributed by atoms with Crippen molar-refractivity contribution >= 4 is 14.8 Å². The van der Waals surface area contributed by atoms with Crippen molar-refractivity contribution in [2.24, 2.45) is 118 Å². The molecule has 14 bridgehead atoms. The fourth-order valence-corrected chi connectivity index (χ4v) is 21.6. The first-order chi connectivity index (χ1) is 43.1. The third-order valence-electron chi connectivity index (χ3n) is 22.8. The van der Waals surface area contributed by atoms with Crippen molar-refractivity contribution in [2.45, 2.75) is 218 Å². The van der Waals surface area contributed by atoms with E-state index in [9.17, 15) is 67.7 Å². The predicted molar refractivity (Wildman–Crippen MR) is 335 cm³/mol. The molecule has 14 aliphatic rings. The zero-order valence-corrected chi connectivity index (χ0v) is 56.9. The van der Waals surface area contributed by atoms with Crippen LogP contribution in [-0.4, -0.2) is 97.0 Å². The number of hydrogen-bond acceptors (Lipinski definition) is 8. The van der Waals surface area contributed by atoms with Gasteiger partial charge >= 0.3 is 39.5 Å². The number of aliphatic hydroxyl groups is 3. The van der Waals surface area contributed by atoms with E-state index in [0.29, 0.717) is 61.4 Å². The van der Waals surface area contributed by atoms with Crippen molar-refractivity contribution in [3.05, 3.63) is 85.1 Å². The summed E-state index contributed by atoms with van der Waals surface area (Å²) in [6.45, 7) is 22.5. The number of rotatable bonds is 12. The molecule has 3 N–H and O–H groups in total. The summed E-state index contributed by atoms with van der Waals surface area (Å²) in [6, 6.07) is 0. The van der Waals surface area contributed by atoms with E-state index in [1.165, 1.54) is 57.4 Å². The number of halogens is 12. The highest BCUT2D eigenvalue weighted by Crippen LogP contribution is 2.59. The highest BCUT2D eigenvalue weighted by atomic mass is 28.4. The highest BCUT2D eigenvalue weighted by molar-refractivity contribution is 6.62. The van der Waals surface area contributed by atoms with E-state index in [4.69, 9.17) is 23.1 Å². The third kappa shape index (κ3) is 17.4. The average molecular weight is 1350 g/mol. The molecule has 0 amide bonds. The van der Waals surface area contributed by atoms with Crippen molar-refractivity contribution < 1.29 is 90.8 Å². The van der Waals surface area contributed by atoms with Crippen molar-refractivity contribution in [1.29, 1.82) is 0 Å². The lowest BCUT2D eigenvalue weighted by molar-refractivity contribution is -0.387. The van der Waals surface area contributed by atoms with Gasteiger partial charge in [0.2, 0.25) is 0 Å². The van der Waals surface area contributed by atoms with E-state index >= 15 is 0 Å². The summed E-state index contributed by atoms with van der Waals surface area (Å²) in [4.78, 5) is 11.8. The van der Waals surface area contributed by atoms with Gasteiger partial charge in [0.05, 0.1) is 11.5 Å². The molecule has 0 aromatic heterocycles. The quantitative estimate of drug-likeness (QED) is 0.0766. The van der Waals surface area contributed by atoms with Crippen LogP contribution in [0, 0.1) is 118 Å². The van der Waals surface area contributed by atoms with E-state index in [2.05, 4.69) is 74.6 Å². The van der Waals surface area contributed by atoms with Crippen LogP contribution < -0.4 is 0 Å². The number of alkyl halides is 12. The average Bonchev–Trinajstić information content (AvgIpc) is 1.62. The van der Waals surface area contributed by atoms with Gasteiger partial charge in [0.1, 0.15) is 5.60 Å². The van der Waals surface area contributed by atoms with Crippen LogP contribution in [0.5, 0.6) is 0 Å². The maximum Gasteiger partial charge on any atom is 0.504 e. The molecule has 21 unspecified atom stereocenters. The standard InChI is InChI=1S/C13H24O3Si.C12H18O2.C11H12F6O.C10H10F6O.C10H16O.2C8H12/c1-4-14-17(15-5-2,16-6-3)13-10-11-7-8-12(13)9-11;1-12(2,3)14-11(13)10-7-8-4-5-9(10)6-8;12-10(13,14)9(18,11(15,16)17)5-8-4-6-1-2-7(8)3-6;11-9(12,13)8(17,10(14,15)16)7-4-5-1-2-6(7)3-5;1-10(2,11)9-6-7-3-4-8(9)5-7;2*1-6-4-7-2-3-8(6)5-7/h7-8,11-13H,4-6,9-10H2,1-3H3;4-5,8-10H,6-7H2,1-3H3;1-2,6-8,18H,3-5H2;1-2,5-7,17H,3-4H2;3-4,7-9,11H,5-6H2,1-2H3;2*2-3,6-8H,4-5H2,1H3. The molecular formula is C72H104F12O8Si. The molecule has 7 saturated carbocycles. The lowest BCUT2D eigenvalue weighted by Gasteiger charge is -2.39. The van der Waals surface area contributed by atoms with E-state index in [1.807, 2.05) is 61.5 Å². The summed E-state index contributed by atoms with van der Waals surface area (Å²) in [5.74, 6) is 6.45. The van der Waals surface area contributed by atoms with Crippen LogP contribution in [-0.2, 0) is 22.8 Å². The molecule has 21 heteroatoms. The van der Waals surface area contributed by atoms with Gasteiger partial charge in [-0.3, -0.25) is 4.79 Å². The normalized spacial score (nSPS) is 37.1. The fourth-order valence-electron chi connectivity index (χ4n) is 18.1. The minimum absolute atomic E-state index is 0.00523. The Bertz CT molecular complexity index is 2620. The lowest BCUT2D eigenvalue weighted by Crippen LogP contribution is -2.62. The molecule has 0 aromatic carbocycles. The van der Waals surface area contributed by atoms with E-state index in [-0.39, 0.29) is 54.5 Å². The molecule has 0 aliphatic heterocycles. The van der Waals surface area contributed by atoms with Gasteiger partial charge in [-0.25, -0.2) is 0 Å². The Labute approximate surface area is 545 Å². The summed E-state index contributed by atoms with van der Waals surface area (Å²) < 4.78 is 174. The number of fused-ring (bicyclic) bond motifs is 14. The first-order valence-corrected chi connectivity index (χ1v) is 36.3. The summed E-state index contributed by atoms with van der Waals surface area (Å²) >= 11 is 0. The molecule has 0 radical (unpaired) electrons. The first kappa shape index (κ1) is 75.6. The second-order valence-corrected chi connectivity index (χ2v) is 33.8. The van der Waals surface area contributed by atoms with Crippen LogP contribution in [0.1, 0.15) is 166 Å². The zero-order valence-electron chi connectivity index (χ0n) is 55.9. The van der Waals surface area contributed by atoms with Gasteiger partial charge in [-0.05, 0) is 258 Å². The predicted octanol–water partition coefficient (Wildman–Crippen LogP) is 18.4. The van der Waals surface area contributed by atoms with E-state index in [1.54, 1.807) is 12.2 Å². The second-order valence-electron chi connectivity index (χ2n) is 31.0. The second kappa shape index (κ2) is 29.3.